The Morgan fingerprint density at radius 2 is 2.00 bits per heavy atom. The maximum absolute atomic E-state index is 12.4. The second kappa shape index (κ2) is 7.52. The molecule has 1 saturated carbocycles. The first-order valence-electron chi connectivity index (χ1n) is 9.13. The predicted molar refractivity (Wildman–Crippen MR) is 104 cm³/mol. The van der Waals surface area contributed by atoms with Crippen molar-refractivity contribution >= 4 is 33.4 Å². The molecule has 1 amide bonds. The highest BCUT2D eigenvalue weighted by Gasteiger charge is 2.20. The van der Waals surface area contributed by atoms with Crippen LogP contribution in [0.2, 0.25) is 0 Å². The smallest absolute Gasteiger partial charge is 0.348 e. The SMILES string of the molecule is Cc1nn(-c2ccccc2)c2sc(C(=O)OCC(=O)NC3CCCC3)cc12. The first kappa shape index (κ1) is 17.7. The lowest BCUT2D eigenvalue weighted by Crippen LogP contribution is -2.35. The highest BCUT2D eigenvalue weighted by atomic mass is 32.1. The van der Waals surface area contributed by atoms with Crippen molar-refractivity contribution in [3.63, 3.8) is 0 Å². The molecule has 140 valence electrons. The summed E-state index contributed by atoms with van der Waals surface area (Å²) in [5, 5.41) is 8.41. The predicted octanol–water partition coefficient (Wildman–Crippen LogP) is 3.61. The third-order valence-electron chi connectivity index (χ3n) is 4.80. The minimum Gasteiger partial charge on any atom is -0.451 e. The average Bonchev–Trinajstić information content (AvgIpc) is 3.39. The fraction of sp³-hybridized carbons (Fsp3) is 0.350. The molecule has 1 N–H and O–H groups in total. The minimum absolute atomic E-state index is 0.222. The number of benzene rings is 1. The normalized spacial score (nSPS) is 14.6. The van der Waals surface area contributed by atoms with Gasteiger partial charge in [-0.25, -0.2) is 9.48 Å². The number of hydrogen-bond acceptors (Lipinski definition) is 5. The number of carbonyl (C=O) groups excluding carboxylic acids is 2. The van der Waals surface area contributed by atoms with Gasteiger partial charge in [0.2, 0.25) is 0 Å². The molecule has 1 aliphatic rings. The monoisotopic (exact) mass is 383 g/mol. The van der Waals surface area contributed by atoms with Gasteiger partial charge in [0.1, 0.15) is 9.71 Å². The Labute approximate surface area is 161 Å². The summed E-state index contributed by atoms with van der Waals surface area (Å²) in [5.41, 5.74) is 1.79. The maximum atomic E-state index is 12.4. The van der Waals surface area contributed by atoms with Crippen molar-refractivity contribution in [3.8, 4) is 5.69 Å². The zero-order valence-electron chi connectivity index (χ0n) is 15.1. The first-order chi connectivity index (χ1) is 13.1. The number of nitrogens with zero attached hydrogens (tertiary/aromatic N) is 2. The maximum Gasteiger partial charge on any atom is 0.348 e. The Morgan fingerprint density at radius 1 is 1.26 bits per heavy atom. The van der Waals surface area contributed by atoms with Crippen LogP contribution >= 0.6 is 11.3 Å². The van der Waals surface area contributed by atoms with Crippen molar-refractivity contribution in [1.29, 1.82) is 0 Å². The molecule has 3 aromatic rings. The molecule has 0 spiro atoms. The van der Waals surface area contributed by atoms with Gasteiger partial charge in [-0.1, -0.05) is 31.0 Å². The van der Waals surface area contributed by atoms with E-state index in [1.807, 2.05) is 41.9 Å². The van der Waals surface area contributed by atoms with Gasteiger partial charge in [-0.05, 0) is 38.0 Å². The Hall–Kier alpha value is -2.67. The summed E-state index contributed by atoms with van der Waals surface area (Å²) in [6, 6.07) is 11.8. The third kappa shape index (κ3) is 3.73. The largest absolute Gasteiger partial charge is 0.451 e. The molecule has 2 heterocycles. The number of carbonyl (C=O) groups is 2. The van der Waals surface area contributed by atoms with Gasteiger partial charge < -0.3 is 10.1 Å². The Bertz CT molecular complexity index is 971. The molecule has 0 atom stereocenters. The van der Waals surface area contributed by atoms with Crippen molar-refractivity contribution in [1.82, 2.24) is 15.1 Å². The van der Waals surface area contributed by atoms with E-state index in [-0.39, 0.29) is 18.6 Å². The van der Waals surface area contributed by atoms with E-state index >= 15 is 0 Å². The highest BCUT2D eigenvalue weighted by Crippen LogP contribution is 2.30. The van der Waals surface area contributed by atoms with Crippen LogP contribution in [0.1, 0.15) is 41.0 Å². The second-order valence-corrected chi connectivity index (χ2v) is 7.82. The number of aryl methyl sites for hydroxylation is 1. The first-order valence-corrected chi connectivity index (χ1v) is 9.94. The molecular weight excluding hydrogens is 362 g/mol. The van der Waals surface area contributed by atoms with Gasteiger partial charge in [-0.2, -0.15) is 5.10 Å². The lowest BCUT2D eigenvalue weighted by molar-refractivity contribution is -0.124. The molecule has 0 unspecified atom stereocenters. The fourth-order valence-electron chi connectivity index (χ4n) is 3.43. The van der Waals surface area contributed by atoms with E-state index in [1.54, 1.807) is 6.07 Å². The molecule has 0 saturated heterocycles. The number of aromatic nitrogens is 2. The van der Waals surface area contributed by atoms with Crippen LogP contribution in [0.5, 0.6) is 0 Å². The standard InChI is InChI=1S/C20H21N3O3S/c1-13-16-11-17(20(25)26-12-18(24)21-14-7-5-6-8-14)27-19(16)23(22-13)15-9-3-2-4-10-15/h2-4,9-11,14H,5-8,12H2,1H3,(H,21,24). The molecule has 0 radical (unpaired) electrons. The molecule has 1 aliphatic carbocycles. The summed E-state index contributed by atoms with van der Waals surface area (Å²) in [6.07, 6.45) is 4.30. The quantitative estimate of drug-likeness (QED) is 0.683. The van der Waals surface area contributed by atoms with E-state index < -0.39 is 5.97 Å². The van der Waals surface area contributed by atoms with Gasteiger partial charge in [0, 0.05) is 11.4 Å². The molecule has 2 aromatic heterocycles. The van der Waals surface area contributed by atoms with Crippen LogP contribution in [-0.4, -0.2) is 34.3 Å². The Balaban J connectivity index is 1.47. The molecule has 7 heteroatoms. The number of ether oxygens (including phenoxy) is 1. The molecule has 27 heavy (non-hydrogen) atoms. The lowest BCUT2D eigenvalue weighted by Gasteiger charge is -2.11. The topological polar surface area (TPSA) is 73.2 Å². The van der Waals surface area contributed by atoms with Gasteiger partial charge in [0.15, 0.2) is 6.61 Å². The zero-order valence-corrected chi connectivity index (χ0v) is 15.9. The Morgan fingerprint density at radius 3 is 2.74 bits per heavy atom. The summed E-state index contributed by atoms with van der Waals surface area (Å²) in [7, 11) is 0. The summed E-state index contributed by atoms with van der Waals surface area (Å²) < 4.78 is 7.05. The number of thiophene rings is 1. The molecule has 4 rings (SSSR count). The van der Waals surface area contributed by atoms with Crippen molar-refractivity contribution in [3.05, 3.63) is 47.0 Å². The van der Waals surface area contributed by atoms with Crippen LogP contribution in [0.4, 0.5) is 0 Å². The van der Waals surface area contributed by atoms with Crippen molar-refractivity contribution < 1.29 is 14.3 Å². The zero-order chi connectivity index (χ0) is 18.8. The van der Waals surface area contributed by atoms with E-state index in [2.05, 4.69) is 10.4 Å². The van der Waals surface area contributed by atoms with Gasteiger partial charge in [0.25, 0.3) is 5.91 Å². The number of para-hydroxylation sites is 1. The number of hydrogen-bond donors (Lipinski definition) is 1. The second-order valence-electron chi connectivity index (χ2n) is 6.79. The van der Waals surface area contributed by atoms with Gasteiger partial charge in [0.05, 0.1) is 11.4 Å². The molecular formula is C20H21N3O3S. The number of rotatable bonds is 5. The van der Waals surface area contributed by atoms with Gasteiger partial charge in [-0.3, -0.25) is 4.79 Å². The number of fused-ring (bicyclic) bond motifs is 1. The minimum atomic E-state index is -0.475. The molecule has 0 bridgehead atoms. The molecule has 1 fully saturated rings. The van der Waals surface area contributed by atoms with Crippen LogP contribution in [0.25, 0.3) is 15.9 Å². The van der Waals surface area contributed by atoms with Crippen molar-refractivity contribution in [2.45, 2.75) is 38.6 Å². The van der Waals surface area contributed by atoms with Crippen LogP contribution < -0.4 is 5.32 Å². The number of esters is 1. The molecule has 0 aliphatic heterocycles. The van der Waals surface area contributed by atoms with E-state index in [0.29, 0.717) is 4.88 Å². The lowest BCUT2D eigenvalue weighted by atomic mass is 10.2. The van der Waals surface area contributed by atoms with E-state index in [9.17, 15) is 9.59 Å². The fourth-order valence-corrected chi connectivity index (χ4v) is 4.51. The van der Waals surface area contributed by atoms with Crippen LogP contribution in [0.3, 0.4) is 0 Å². The van der Waals surface area contributed by atoms with Crippen LogP contribution in [-0.2, 0) is 9.53 Å². The Kier molecular flexibility index (Phi) is 4.94. The number of nitrogens with one attached hydrogen (secondary N) is 1. The van der Waals surface area contributed by atoms with E-state index in [4.69, 9.17) is 4.74 Å². The summed E-state index contributed by atoms with van der Waals surface area (Å²) in [6.45, 7) is 1.67. The van der Waals surface area contributed by atoms with Gasteiger partial charge >= 0.3 is 5.97 Å². The van der Waals surface area contributed by atoms with Crippen molar-refractivity contribution in [2.75, 3.05) is 6.61 Å². The highest BCUT2D eigenvalue weighted by molar-refractivity contribution is 7.20. The molecule has 1 aromatic carbocycles. The summed E-state index contributed by atoms with van der Waals surface area (Å²) in [5.74, 6) is -0.709. The van der Waals surface area contributed by atoms with Gasteiger partial charge in [-0.15, -0.1) is 11.3 Å². The summed E-state index contributed by atoms with van der Waals surface area (Å²) >= 11 is 1.33. The van der Waals surface area contributed by atoms with Crippen LogP contribution in [0.15, 0.2) is 36.4 Å². The van der Waals surface area contributed by atoms with E-state index in [1.165, 1.54) is 11.3 Å². The van der Waals surface area contributed by atoms with E-state index in [0.717, 1.165) is 47.3 Å². The molecule has 6 nitrogen and oxygen atoms in total. The number of amides is 1. The summed E-state index contributed by atoms with van der Waals surface area (Å²) in [4.78, 5) is 25.7. The van der Waals surface area contributed by atoms with Crippen LogP contribution in [0, 0.1) is 6.92 Å². The third-order valence-corrected chi connectivity index (χ3v) is 5.89. The van der Waals surface area contributed by atoms with Crippen molar-refractivity contribution in [2.24, 2.45) is 0 Å². The average molecular weight is 383 g/mol.